The average molecular weight is 445 g/mol. The number of rotatable bonds is 5. The Hall–Kier alpha value is -3.32. The van der Waals surface area contributed by atoms with Crippen LogP contribution in [0.2, 0.25) is 0 Å². The summed E-state index contributed by atoms with van der Waals surface area (Å²) in [4.78, 5) is 30.4. The largest absolute Gasteiger partial charge is 0.478 e. The highest BCUT2D eigenvalue weighted by Crippen LogP contribution is 2.20. The van der Waals surface area contributed by atoms with E-state index in [0.29, 0.717) is 0 Å². The monoisotopic (exact) mass is 445 g/mol. The van der Waals surface area contributed by atoms with E-state index in [4.69, 9.17) is 10.2 Å². The third kappa shape index (κ3) is 6.97. The van der Waals surface area contributed by atoms with Crippen LogP contribution in [0.1, 0.15) is 20.7 Å². The van der Waals surface area contributed by atoms with Crippen LogP contribution in [-0.2, 0) is 19.7 Å². The summed E-state index contributed by atoms with van der Waals surface area (Å²) in [5.74, 6) is -2.56. The molecule has 0 fully saturated rings. The van der Waals surface area contributed by atoms with Crippen LogP contribution in [0.4, 0.5) is 5.69 Å². The predicted octanol–water partition coefficient (Wildman–Crippen LogP) is 1.48. The fraction of sp³-hybridized carbons (Fsp3) is 0.125. The molecule has 0 spiro atoms. The third-order valence-electron chi connectivity index (χ3n) is 3.29. The van der Waals surface area contributed by atoms with E-state index in [1.54, 1.807) is 0 Å². The number of carbonyl (C=O) groups is 2. The van der Waals surface area contributed by atoms with Gasteiger partial charge < -0.3 is 10.2 Å². The van der Waals surface area contributed by atoms with Gasteiger partial charge in [-0.3, -0.25) is 10.1 Å². The lowest BCUT2D eigenvalue weighted by Crippen LogP contribution is -2.04. The van der Waals surface area contributed by atoms with Crippen LogP contribution >= 0.6 is 0 Å². The molecule has 0 aliphatic heterocycles. The van der Waals surface area contributed by atoms with Crippen molar-refractivity contribution in [2.24, 2.45) is 0 Å². The highest BCUT2D eigenvalue weighted by atomic mass is 32.2. The number of non-ortho nitro benzene ring substituents is 1. The molecule has 0 radical (unpaired) electrons. The lowest BCUT2D eigenvalue weighted by molar-refractivity contribution is -0.385. The first-order valence-electron chi connectivity index (χ1n) is 7.39. The van der Waals surface area contributed by atoms with Gasteiger partial charge in [0, 0.05) is 24.6 Å². The number of aromatic carboxylic acids is 2. The van der Waals surface area contributed by atoms with Crippen LogP contribution in [-0.4, -0.2) is 56.4 Å². The summed E-state index contributed by atoms with van der Waals surface area (Å²) in [5.41, 5.74) is -1.03. The Kier molecular flexibility index (Phi) is 7.19. The summed E-state index contributed by atoms with van der Waals surface area (Å²) >= 11 is 0. The molecule has 0 heterocycles. The number of sulfone groups is 2. The first-order chi connectivity index (χ1) is 13.1. The van der Waals surface area contributed by atoms with E-state index in [0.717, 1.165) is 36.8 Å². The zero-order chi connectivity index (χ0) is 22.6. The number of benzene rings is 2. The Morgan fingerprint density at radius 1 is 0.828 bits per heavy atom. The van der Waals surface area contributed by atoms with E-state index in [9.17, 15) is 36.5 Å². The SMILES string of the molecule is CS(=O)(=O)c1cc(C(=O)O)cc([N+](=O)[O-])c1.CS(=O)(=O)c1cccc(C(=O)O)c1. The van der Waals surface area contributed by atoms with E-state index in [-0.39, 0.29) is 15.4 Å². The maximum absolute atomic E-state index is 11.2. The molecular formula is C16H15NO10S2. The number of nitrogens with zero attached hydrogens (tertiary/aromatic N) is 1. The highest BCUT2D eigenvalue weighted by molar-refractivity contribution is 7.91. The number of carboxylic acid groups (broad SMARTS) is 2. The van der Waals surface area contributed by atoms with Crippen molar-refractivity contribution in [3.8, 4) is 0 Å². The number of nitro groups is 1. The molecule has 13 heteroatoms. The van der Waals surface area contributed by atoms with Gasteiger partial charge in [-0.25, -0.2) is 26.4 Å². The third-order valence-corrected chi connectivity index (χ3v) is 5.49. The van der Waals surface area contributed by atoms with Gasteiger partial charge in [-0.2, -0.15) is 0 Å². The topological polar surface area (TPSA) is 186 Å². The maximum Gasteiger partial charge on any atom is 0.335 e. The summed E-state index contributed by atoms with van der Waals surface area (Å²) in [6, 6.07) is 7.75. The molecule has 0 amide bonds. The van der Waals surface area contributed by atoms with Crippen LogP contribution in [0.5, 0.6) is 0 Å². The Balaban J connectivity index is 0.000000296. The lowest BCUT2D eigenvalue weighted by Gasteiger charge is -2.00. The molecule has 0 aliphatic rings. The van der Waals surface area contributed by atoms with Gasteiger partial charge in [0.25, 0.3) is 5.69 Å². The Labute approximate surface area is 165 Å². The molecule has 11 nitrogen and oxygen atoms in total. The number of hydrogen-bond donors (Lipinski definition) is 2. The molecule has 156 valence electrons. The van der Waals surface area contributed by atoms with Crippen LogP contribution in [0.15, 0.2) is 52.3 Å². The zero-order valence-electron chi connectivity index (χ0n) is 15.0. The molecule has 0 bridgehead atoms. The number of nitro benzene ring substituents is 1. The minimum Gasteiger partial charge on any atom is -0.478 e. The minimum absolute atomic E-state index is 0.0207. The molecule has 0 atom stereocenters. The maximum atomic E-state index is 11.2. The van der Waals surface area contributed by atoms with Crippen molar-refractivity contribution < 1.29 is 41.6 Å². The normalized spacial score (nSPS) is 11.1. The summed E-state index contributed by atoms with van der Waals surface area (Å²) in [6.07, 6.45) is 1.88. The van der Waals surface area contributed by atoms with Gasteiger partial charge in [0.05, 0.1) is 25.8 Å². The standard InChI is InChI=1S/C8H7NO6S.C8H8O4S/c1-16(14,15)7-3-5(8(10)11)2-6(4-7)9(12)13;1-13(11,12)7-4-2-3-6(5-7)8(9)10/h2-4H,1H3,(H,10,11);2-5H,1H3,(H,9,10). The molecule has 2 aromatic carbocycles. The van der Waals surface area contributed by atoms with Gasteiger partial charge in [-0.15, -0.1) is 0 Å². The molecule has 2 N–H and O–H groups in total. The van der Waals surface area contributed by atoms with Gasteiger partial charge in [0.1, 0.15) is 0 Å². The molecule has 0 aliphatic carbocycles. The molecule has 0 saturated carbocycles. The number of carboxylic acids is 2. The minimum atomic E-state index is -3.68. The Morgan fingerprint density at radius 2 is 1.31 bits per heavy atom. The van der Waals surface area contributed by atoms with Crippen molar-refractivity contribution in [1.82, 2.24) is 0 Å². The van der Waals surface area contributed by atoms with Crippen molar-refractivity contribution >= 4 is 37.3 Å². The first-order valence-corrected chi connectivity index (χ1v) is 11.2. The summed E-state index contributed by atoms with van der Waals surface area (Å²) < 4.78 is 44.4. The zero-order valence-corrected chi connectivity index (χ0v) is 16.6. The van der Waals surface area contributed by atoms with Crippen molar-refractivity contribution in [2.75, 3.05) is 12.5 Å². The summed E-state index contributed by atoms with van der Waals surface area (Å²) in [7, 11) is -7.00. The summed E-state index contributed by atoms with van der Waals surface area (Å²) in [5, 5.41) is 27.7. The van der Waals surface area contributed by atoms with E-state index in [1.165, 1.54) is 18.2 Å². The predicted molar refractivity (Wildman–Crippen MR) is 99.7 cm³/mol. The van der Waals surface area contributed by atoms with Crippen LogP contribution in [0.25, 0.3) is 0 Å². The van der Waals surface area contributed by atoms with Crippen LogP contribution in [0, 0.1) is 10.1 Å². The fourth-order valence-electron chi connectivity index (χ4n) is 1.89. The highest BCUT2D eigenvalue weighted by Gasteiger charge is 2.18. The number of hydrogen-bond acceptors (Lipinski definition) is 8. The molecule has 2 rings (SSSR count). The average Bonchev–Trinajstić information content (AvgIpc) is 2.60. The van der Waals surface area contributed by atoms with Gasteiger partial charge in [0.2, 0.25) is 0 Å². The first kappa shape index (κ1) is 23.7. The van der Waals surface area contributed by atoms with Crippen LogP contribution in [0.3, 0.4) is 0 Å². The second kappa shape index (κ2) is 8.79. The molecular weight excluding hydrogens is 430 g/mol. The molecule has 29 heavy (non-hydrogen) atoms. The molecule has 2 aromatic rings. The van der Waals surface area contributed by atoms with E-state index in [2.05, 4.69) is 0 Å². The smallest absolute Gasteiger partial charge is 0.335 e. The lowest BCUT2D eigenvalue weighted by atomic mass is 10.2. The van der Waals surface area contributed by atoms with E-state index in [1.807, 2.05) is 0 Å². The van der Waals surface area contributed by atoms with Crippen molar-refractivity contribution in [3.05, 3.63) is 63.7 Å². The van der Waals surface area contributed by atoms with E-state index >= 15 is 0 Å². The van der Waals surface area contributed by atoms with Gasteiger partial charge >= 0.3 is 11.9 Å². The van der Waals surface area contributed by atoms with Gasteiger partial charge in [0.15, 0.2) is 19.7 Å². The second-order valence-electron chi connectivity index (χ2n) is 5.66. The van der Waals surface area contributed by atoms with Crippen molar-refractivity contribution in [3.63, 3.8) is 0 Å². The summed E-state index contributed by atoms with van der Waals surface area (Å²) in [6.45, 7) is 0. The van der Waals surface area contributed by atoms with Gasteiger partial charge in [-0.1, -0.05) is 6.07 Å². The van der Waals surface area contributed by atoms with Crippen molar-refractivity contribution in [2.45, 2.75) is 9.79 Å². The quantitative estimate of drug-likeness (QED) is 0.504. The van der Waals surface area contributed by atoms with Gasteiger partial charge in [-0.05, 0) is 24.3 Å². The molecule has 0 aromatic heterocycles. The van der Waals surface area contributed by atoms with Crippen molar-refractivity contribution in [1.29, 1.82) is 0 Å². The Morgan fingerprint density at radius 3 is 1.72 bits per heavy atom. The Bertz CT molecular complexity index is 1150. The molecule has 0 unspecified atom stereocenters. The van der Waals surface area contributed by atoms with E-state index < -0.39 is 47.8 Å². The fourth-order valence-corrected chi connectivity index (χ4v) is 3.23. The second-order valence-corrected chi connectivity index (χ2v) is 9.69. The molecule has 0 saturated heterocycles. The van der Waals surface area contributed by atoms with Crippen LogP contribution < -0.4 is 0 Å².